The zero-order chi connectivity index (χ0) is 12.0. The Morgan fingerprint density at radius 3 is 2.31 bits per heavy atom. The van der Waals surface area contributed by atoms with Crippen molar-refractivity contribution in [2.24, 2.45) is 17.6 Å². The zero-order valence-electron chi connectivity index (χ0n) is 10.7. The normalized spacial score (nSPS) is 13.1. The van der Waals surface area contributed by atoms with Crippen molar-refractivity contribution in [3.8, 4) is 0 Å². The van der Waals surface area contributed by atoms with Crippen LogP contribution in [0.25, 0.3) is 0 Å². The molecule has 3 N–H and O–H groups in total. The van der Waals surface area contributed by atoms with Crippen LogP contribution in [0.4, 0.5) is 0 Å². The van der Waals surface area contributed by atoms with Gasteiger partial charge in [-0.1, -0.05) is 43.7 Å². The average molecular weight is 220 g/mol. The first kappa shape index (κ1) is 13.2. The molecule has 1 rings (SSSR count). The molecule has 16 heavy (non-hydrogen) atoms. The van der Waals surface area contributed by atoms with Gasteiger partial charge in [0.15, 0.2) is 0 Å². The molecule has 90 valence electrons. The van der Waals surface area contributed by atoms with Crippen molar-refractivity contribution in [1.82, 2.24) is 5.32 Å². The highest BCUT2D eigenvalue weighted by Crippen LogP contribution is 2.08. The molecule has 1 unspecified atom stereocenters. The quantitative estimate of drug-likeness (QED) is 0.772. The van der Waals surface area contributed by atoms with E-state index < -0.39 is 0 Å². The molecule has 0 bridgehead atoms. The maximum Gasteiger partial charge on any atom is 0.0205 e. The highest BCUT2D eigenvalue weighted by atomic mass is 14.9. The fourth-order valence-corrected chi connectivity index (χ4v) is 1.70. The molecule has 0 radical (unpaired) electrons. The summed E-state index contributed by atoms with van der Waals surface area (Å²) in [6.07, 6.45) is 0. The van der Waals surface area contributed by atoms with Crippen LogP contribution in [0.5, 0.6) is 0 Å². The molecule has 0 aliphatic carbocycles. The molecular weight excluding hydrogens is 196 g/mol. The van der Waals surface area contributed by atoms with Gasteiger partial charge in [-0.3, -0.25) is 0 Å². The Kier molecular flexibility index (Phi) is 5.50. The number of nitrogens with one attached hydrogen (secondary N) is 1. The summed E-state index contributed by atoms with van der Waals surface area (Å²) >= 11 is 0. The van der Waals surface area contributed by atoms with Gasteiger partial charge in [0, 0.05) is 6.54 Å². The third-order valence-corrected chi connectivity index (χ3v) is 3.10. The predicted octanol–water partition coefficient (Wildman–Crippen LogP) is 2.32. The third-order valence-electron chi connectivity index (χ3n) is 3.10. The number of hydrogen-bond donors (Lipinski definition) is 2. The summed E-state index contributed by atoms with van der Waals surface area (Å²) in [4.78, 5) is 0. The van der Waals surface area contributed by atoms with Crippen LogP contribution in [-0.4, -0.2) is 13.1 Å². The van der Waals surface area contributed by atoms with Crippen molar-refractivity contribution in [3.05, 3.63) is 35.4 Å². The third kappa shape index (κ3) is 4.33. The molecule has 2 nitrogen and oxygen atoms in total. The summed E-state index contributed by atoms with van der Waals surface area (Å²) in [5, 5.41) is 3.47. The van der Waals surface area contributed by atoms with E-state index in [4.69, 9.17) is 5.73 Å². The number of aryl methyl sites for hydroxylation is 1. The minimum Gasteiger partial charge on any atom is -0.330 e. The van der Waals surface area contributed by atoms with E-state index in [1.165, 1.54) is 11.1 Å². The lowest BCUT2D eigenvalue weighted by atomic mass is 9.96. The maximum atomic E-state index is 5.73. The van der Waals surface area contributed by atoms with Crippen LogP contribution in [0.1, 0.15) is 25.0 Å². The van der Waals surface area contributed by atoms with Gasteiger partial charge in [-0.25, -0.2) is 0 Å². The molecule has 0 aliphatic heterocycles. The molecule has 0 saturated carbocycles. The van der Waals surface area contributed by atoms with Crippen molar-refractivity contribution >= 4 is 0 Å². The van der Waals surface area contributed by atoms with Gasteiger partial charge in [-0.15, -0.1) is 0 Å². The van der Waals surface area contributed by atoms with Gasteiger partial charge in [0.05, 0.1) is 0 Å². The van der Waals surface area contributed by atoms with Crippen LogP contribution in [0.2, 0.25) is 0 Å². The standard InChI is InChI=1S/C14H24N2/c1-11(2)14(8-15)10-16-9-13-6-4-12(3)5-7-13/h4-7,11,14,16H,8-10,15H2,1-3H3. The maximum absolute atomic E-state index is 5.73. The molecule has 1 aromatic carbocycles. The van der Waals surface area contributed by atoms with Crippen molar-refractivity contribution in [1.29, 1.82) is 0 Å². The second-order valence-corrected chi connectivity index (χ2v) is 4.86. The highest BCUT2D eigenvalue weighted by molar-refractivity contribution is 5.21. The topological polar surface area (TPSA) is 38.0 Å². The van der Waals surface area contributed by atoms with E-state index in [9.17, 15) is 0 Å². The Morgan fingerprint density at radius 1 is 1.19 bits per heavy atom. The van der Waals surface area contributed by atoms with E-state index in [1.54, 1.807) is 0 Å². The van der Waals surface area contributed by atoms with Crippen LogP contribution >= 0.6 is 0 Å². The Balaban J connectivity index is 2.32. The monoisotopic (exact) mass is 220 g/mol. The fourth-order valence-electron chi connectivity index (χ4n) is 1.70. The molecule has 0 fully saturated rings. The zero-order valence-corrected chi connectivity index (χ0v) is 10.7. The lowest BCUT2D eigenvalue weighted by Gasteiger charge is -2.19. The number of benzene rings is 1. The summed E-state index contributed by atoms with van der Waals surface area (Å²) in [5.41, 5.74) is 8.38. The van der Waals surface area contributed by atoms with Gasteiger partial charge >= 0.3 is 0 Å². The lowest BCUT2D eigenvalue weighted by Crippen LogP contribution is -2.31. The Labute approximate surface area is 99.2 Å². The lowest BCUT2D eigenvalue weighted by molar-refractivity contribution is 0.370. The van der Waals surface area contributed by atoms with E-state index in [2.05, 4.69) is 50.4 Å². The van der Waals surface area contributed by atoms with Gasteiger partial charge in [-0.05, 0) is 37.4 Å². The molecule has 0 spiro atoms. The molecule has 0 amide bonds. The number of rotatable bonds is 6. The molecule has 0 saturated heterocycles. The van der Waals surface area contributed by atoms with Gasteiger partial charge in [0.2, 0.25) is 0 Å². The smallest absolute Gasteiger partial charge is 0.0205 e. The van der Waals surface area contributed by atoms with Gasteiger partial charge in [0.25, 0.3) is 0 Å². The number of hydrogen-bond acceptors (Lipinski definition) is 2. The SMILES string of the molecule is Cc1ccc(CNCC(CN)C(C)C)cc1. The Hall–Kier alpha value is -0.860. The second-order valence-electron chi connectivity index (χ2n) is 4.86. The number of nitrogens with two attached hydrogens (primary N) is 1. The first-order chi connectivity index (χ1) is 7.63. The van der Waals surface area contributed by atoms with Crippen molar-refractivity contribution in [3.63, 3.8) is 0 Å². The average Bonchev–Trinajstić information content (AvgIpc) is 2.26. The summed E-state index contributed by atoms with van der Waals surface area (Å²) < 4.78 is 0. The molecule has 2 heteroatoms. The van der Waals surface area contributed by atoms with E-state index in [1.807, 2.05) is 0 Å². The first-order valence-corrected chi connectivity index (χ1v) is 6.09. The van der Waals surface area contributed by atoms with E-state index in [0.717, 1.165) is 19.6 Å². The van der Waals surface area contributed by atoms with Gasteiger partial charge in [-0.2, -0.15) is 0 Å². The summed E-state index contributed by atoms with van der Waals surface area (Å²) in [6.45, 7) is 9.26. The highest BCUT2D eigenvalue weighted by Gasteiger charge is 2.10. The van der Waals surface area contributed by atoms with E-state index in [-0.39, 0.29) is 0 Å². The minimum absolute atomic E-state index is 0.574. The minimum atomic E-state index is 0.574. The summed E-state index contributed by atoms with van der Waals surface area (Å²) in [7, 11) is 0. The molecule has 0 aromatic heterocycles. The van der Waals surface area contributed by atoms with Crippen molar-refractivity contribution in [2.75, 3.05) is 13.1 Å². The second kappa shape index (κ2) is 6.66. The molecule has 0 heterocycles. The van der Waals surface area contributed by atoms with Gasteiger partial charge in [0.1, 0.15) is 0 Å². The van der Waals surface area contributed by atoms with Crippen LogP contribution in [0.3, 0.4) is 0 Å². The van der Waals surface area contributed by atoms with Crippen LogP contribution in [0.15, 0.2) is 24.3 Å². The fraction of sp³-hybridized carbons (Fsp3) is 0.571. The largest absolute Gasteiger partial charge is 0.330 e. The van der Waals surface area contributed by atoms with Crippen LogP contribution in [0, 0.1) is 18.8 Å². The van der Waals surface area contributed by atoms with Gasteiger partial charge < -0.3 is 11.1 Å². The van der Waals surface area contributed by atoms with Crippen molar-refractivity contribution < 1.29 is 0 Å². The van der Waals surface area contributed by atoms with Crippen LogP contribution in [-0.2, 0) is 6.54 Å². The van der Waals surface area contributed by atoms with E-state index >= 15 is 0 Å². The first-order valence-electron chi connectivity index (χ1n) is 6.09. The molecule has 0 aliphatic rings. The summed E-state index contributed by atoms with van der Waals surface area (Å²) in [5.74, 6) is 1.22. The molecule has 1 aromatic rings. The molecule has 1 atom stereocenters. The van der Waals surface area contributed by atoms with E-state index in [0.29, 0.717) is 11.8 Å². The van der Waals surface area contributed by atoms with Crippen LogP contribution < -0.4 is 11.1 Å². The Morgan fingerprint density at radius 2 is 1.81 bits per heavy atom. The summed E-state index contributed by atoms with van der Waals surface area (Å²) in [6, 6.07) is 8.66. The molecular formula is C14H24N2. The Bertz CT molecular complexity index is 290. The van der Waals surface area contributed by atoms with Crippen molar-refractivity contribution in [2.45, 2.75) is 27.3 Å². The predicted molar refractivity (Wildman–Crippen MR) is 70.3 cm³/mol.